The molecule has 0 fully saturated rings. The van der Waals surface area contributed by atoms with E-state index in [0.717, 1.165) is 40.4 Å². The van der Waals surface area contributed by atoms with Crippen LogP contribution in [0, 0.1) is 13.8 Å². The Kier molecular flexibility index (Phi) is 5.65. The van der Waals surface area contributed by atoms with Gasteiger partial charge in [-0.15, -0.1) is 10.2 Å². The Bertz CT molecular complexity index is 1050. The van der Waals surface area contributed by atoms with E-state index in [2.05, 4.69) is 20.6 Å². The molecule has 156 valence electrons. The first-order valence-corrected chi connectivity index (χ1v) is 9.98. The highest BCUT2D eigenvalue weighted by molar-refractivity contribution is 5.76. The van der Waals surface area contributed by atoms with Crippen LogP contribution in [0.25, 0.3) is 11.3 Å². The van der Waals surface area contributed by atoms with Crippen LogP contribution in [0.4, 0.5) is 0 Å². The van der Waals surface area contributed by atoms with Crippen molar-refractivity contribution >= 4 is 5.91 Å². The van der Waals surface area contributed by atoms with Crippen molar-refractivity contribution in [1.29, 1.82) is 0 Å². The van der Waals surface area contributed by atoms with Gasteiger partial charge in [0.25, 0.3) is 0 Å². The van der Waals surface area contributed by atoms with Crippen molar-refractivity contribution < 1.29 is 14.3 Å². The number of nitrogens with one attached hydrogen (secondary N) is 1. The molecule has 1 aromatic carbocycles. The second-order valence-electron chi connectivity index (χ2n) is 7.40. The lowest BCUT2D eigenvalue weighted by Gasteiger charge is -2.13. The van der Waals surface area contributed by atoms with Crippen molar-refractivity contribution in [2.24, 2.45) is 0 Å². The van der Waals surface area contributed by atoms with Gasteiger partial charge in [-0.05, 0) is 37.6 Å². The van der Waals surface area contributed by atoms with Crippen LogP contribution >= 0.6 is 0 Å². The van der Waals surface area contributed by atoms with E-state index in [9.17, 15) is 4.79 Å². The molecule has 8 heteroatoms. The maximum Gasteiger partial charge on any atom is 0.233 e. The molecular weight excluding hydrogens is 382 g/mol. The van der Waals surface area contributed by atoms with Gasteiger partial charge >= 0.3 is 0 Å². The fourth-order valence-electron chi connectivity index (χ4n) is 3.65. The number of fused-ring (bicyclic) bond motifs is 1. The highest BCUT2D eigenvalue weighted by Crippen LogP contribution is 2.37. The third-order valence-corrected chi connectivity index (χ3v) is 5.13. The lowest BCUT2D eigenvalue weighted by molar-refractivity contribution is -0.121. The van der Waals surface area contributed by atoms with E-state index in [-0.39, 0.29) is 12.0 Å². The molecule has 2 aromatic heterocycles. The van der Waals surface area contributed by atoms with Gasteiger partial charge in [0, 0.05) is 36.7 Å². The molecule has 30 heavy (non-hydrogen) atoms. The Labute approximate surface area is 175 Å². The quantitative estimate of drug-likeness (QED) is 0.647. The maximum atomic E-state index is 12.3. The van der Waals surface area contributed by atoms with Crippen molar-refractivity contribution in [2.45, 2.75) is 39.3 Å². The molecule has 1 atom stereocenters. The number of nitrogens with zero attached hydrogens (tertiary/aromatic N) is 4. The summed E-state index contributed by atoms with van der Waals surface area (Å²) in [6.07, 6.45) is 1.02. The van der Waals surface area contributed by atoms with Crippen LogP contribution in [-0.2, 0) is 17.8 Å². The first kappa shape index (κ1) is 19.9. The predicted octanol–water partition coefficient (Wildman–Crippen LogP) is 2.48. The third kappa shape index (κ3) is 4.27. The molecule has 4 rings (SSSR count). The zero-order valence-corrected chi connectivity index (χ0v) is 17.4. The van der Waals surface area contributed by atoms with Crippen molar-refractivity contribution in [1.82, 2.24) is 25.3 Å². The standard InChI is InChI=1S/C22H25N5O3/c1-14-11-15(2)27(26-14)10-9-20(28)23-13-17-12-16-5-4-6-18(22(16)30-17)19-7-8-21(29-3)25-24-19/h4-8,11,17H,9-10,12-13H2,1-3H3,(H,23,28). The van der Waals surface area contributed by atoms with E-state index >= 15 is 0 Å². The summed E-state index contributed by atoms with van der Waals surface area (Å²) in [5.74, 6) is 1.26. The van der Waals surface area contributed by atoms with Crippen LogP contribution in [0.15, 0.2) is 36.4 Å². The molecular formula is C22H25N5O3. The topological polar surface area (TPSA) is 91.2 Å². The smallest absolute Gasteiger partial charge is 0.233 e. The normalized spacial score (nSPS) is 14.8. The van der Waals surface area contributed by atoms with Crippen LogP contribution < -0.4 is 14.8 Å². The van der Waals surface area contributed by atoms with E-state index in [1.165, 1.54) is 0 Å². The predicted molar refractivity (Wildman–Crippen MR) is 111 cm³/mol. The molecule has 1 N–H and O–H groups in total. The summed E-state index contributed by atoms with van der Waals surface area (Å²) < 4.78 is 13.1. The Morgan fingerprint density at radius 2 is 2.13 bits per heavy atom. The SMILES string of the molecule is COc1ccc(-c2cccc3c2OC(CNC(=O)CCn2nc(C)cc2C)C3)nn1. The van der Waals surface area contributed by atoms with Gasteiger partial charge in [0.2, 0.25) is 11.8 Å². The Morgan fingerprint density at radius 3 is 2.83 bits per heavy atom. The fourth-order valence-corrected chi connectivity index (χ4v) is 3.65. The number of hydrogen-bond donors (Lipinski definition) is 1. The van der Waals surface area contributed by atoms with Gasteiger partial charge in [-0.3, -0.25) is 9.48 Å². The fraction of sp³-hybridized carbons (Fsp3) is 0.364. The molecule has 1 aliphatic rings. The monoisotopic (exact) mass is 407 g/mol. The summed E-state index contributed by atoms with van der Waals surface area (Å²) in [7, 11) is 1.56. The lowest BCUT2D eigenvalue weighted by atomic mass is 10.0. The zero-order valence-electron chi connectivity index (χ0n) is 17.4. The molecule has 1 aliphatic heterocycles. The second-order valence-corrected chi connectivity index (χ2v) is 7.40. The number of methoxy groups -OCH3 is 1. The van der Waals surface area contributed by atoms with E-state index in [4.69, 9.17) is 9.47 Å². The highest BCUT2D eigenvalue weighted by atomic mass is 16.5. The van der Waals surface area contributed by atoms with Gasteiger partial charge in [-0.2, -0.15) is 5.10 Å². The Balaban J connectivity index is 1.34. The molecule has 0 saturated carbocycles. The minimum atomic E-state index is -0.106. The number of amides is 1. The van der Waals surface area contributed by atoms with Crippen molar-refractivity contribution in [3.8, 4) is 22.9 Å². The maximum absolute atomic E-state index is 12.3. The second kappa shape index (κ2) is 8.52. The molecule has 3 heterocycles. The summed E-state index contributed by atoms with van der Waals surface area (Å²) in [5, 5.41) is 15.6. The average Bonchev–Trinajstić information content (AvgIpc) is 3.32. The van der Waals surface area contributed by atoms with Gasteiger partial charge in [0.15, 0.2) is 0 Å². The van der Waals surface area contributed by atoms with Gasteiger partial charge in [0.05, 0.1) is 25.0 Å². The Hall–Kier alpha value is -3.42. The first-order valence-electron chi connectivity index (χ1n) is 9.98. The van der Waals surface area contributed by atoms with E-state index in [1.54, 1.807) is 13.2 Å². The number of aromatic nitrogens is 4. The molecule has 0 bridgehead atoms. The van der Waals surface area contributed by atoms with Gasteiger partial charge in [-0.1, -0.05) is 12.1 Å². The molecule has 0 spiro atoms. The van der Waals surface area contributed by atoms with E-state index < -0.39 is 0 Å². The number of para-hydroxylation sites is 1. The summed E-state index contributed by atoms with van der Waals surface area (Å²) in [6, 6.07) is 11.6. The van der Waals surface area contributed by atoms with Crippen LogP contribution in [0.5, 0.6) is 11.6 Å². The molecule has 3 aromatic rings. The third-order valence-electron chi connectivity index (χ3n) is 5.13. The van der Waals surface area contributed by atoms with E-state index in [1.807, 2.05) is 48.9 Å². The number of ether oxygens (including phenoxy) is 2. The average molecular weight is 407 g/mol. The summed E-state index contributed by atoms with van der Waals surface area (Å²) in [6.45, 7) is 4.96. The number of hydrogen-bond acceptors (Lipinski definition) is 6. The summed E-state index contributed by atoms with van der Waals surface area (Å²) >= 11 is 0. The number of rotatable bonds is 7. The van der Waals surface area contributed by atoms with Gasteiger partial charge in [0.1, 0.15) is 11.9 Å². The zero-order chi connectivity index (χ0) is 21.1. The molecule has 0 saturated heterocycles. The largest absolute Gasteiger partial charge is 0.487 e. The Morgan fingerprint density at radius 1 is 1.27 bits per heavy atom. The van der Waals surface area contributed by atoms with Gasteiger partial charge < -0.3 is 14.8 Å². The number of aryl methyl sites for hydroxylation is 3. The summed E-state index contributed by atoms with van der Waals surface area (Å²) in [4.78, 5) is 12.3. The first-order chi connectivity index (χ1) is 14.5. The van der Waals surface area contributed by atoms with Crippen molar-refractivity contribution in [2.75, 3.05) is 13.7 Å². The van der Waals surface area contributed by atoms with Crippen LogP contribution in [-0.4, -0.2) is 45.6 Å². The molecule has 8 nitrogen and oxygen atoms in total. The molecule has 1 amide bonds. The van der Waals surface area contributed by atoms with Crippen LogP contribution in [0.1, 0.15) is 23.4 Å². The van der Waals surface area contributed by atoms with Crippen LogP contribution in [0.3, 0.4) is 0 Å². The number of benzene rings is 1. The van der Waals surface area contributed by atoms with Crippen molar-refractivity contribution in [3.63, 3.8) is 0 Å². The number of carbonyl (C=O) groups is 1. The minimum absolute atomic E-state index is 0.0108. The minimum Gasteiger partial charge on any atom is -0.487 e. The van der Waals surface area contributed by atoms with Crippen LogP contribution in [0.2, 0.25) is 0 Å². The molecule has 0 aliphatic carbocycles. The molecule has 1 unspecified atom stereocenters. The lowest BCUT2D eigenvalue weighted by Crippen LogP contribution is -2.34. The number of carbonyl (C=O) groups excluding carboxylic acids is 1. The van der Waals surface area contributed by atoms with Crippen molar-refractivity contribution in [3.05, 3.63) is 53.3 Å². The summed E-state index contributed by atoms with van der Waals surface area (Å²) in [5.41, 5.74) is 4.74. The molecule has 0 radical (unpaired) electrons. The van der Waals surface area contributed by atoms with Gasteiger partial charge in [-0.25, -0.2) is 0 Å². The van der Waals surface area contributed by atoms with E-state index in [0.29, 0.717) is 25.4 Å². The highest BCUT2D eigenvalue weighted by Gasteiger charge is 2.26.